The van der Waals surface area contributed by atoms with E-state index in [9.17, 15) is 0 Å². The Morgan fingerprint density at radius 2 is 1.95 bits per heavy atom. The van der Waals surface area contributed by atoms with Gasteiger partial charge in [-0.1, -0.05) is 0 Å². The Morgan fingerprint density at radius 1 is 1.05 bits per heavy atom. The number of rotatable bonds is 5. The van der Waals surface area contributed by atoms with Gasteiger partial charge in [-0.25, -0.2) is 0 Å². The third-order valence-corrected chi connectivity index (χ3v) is 5.32. The van der Waals surface area contributed by atoms with E-state index >= 15 is 0 Å². The van der Waals surface area contributed by atoms with Crippen LogP contribution in [-0.2, 0) is 4.74 Å². The Balaban J connectivity index is 1.29. The molecule has 3 heterocycles. The molecular weight excluding hydrogens is 236 g/mol. The molecule has 2 atom stereocenters. The molecule has 0 aromatic carbocycles. The minimum Gasteiger partial charge on any atom is -0.378 e. The van der Waals surface area contributed by atoms with E-state index in [2.05, 4.69) is 10.2 Å². The fraction of sp³-hybridized carbons (Fsp3) is 1.00. The van der Waals surface area contributed by atoms with Gasteiger partial charge >= 0.3 is 0 Å². The lowest BCUT2D eigenvalue weighted by Crippen LogP contribution is -2.41. The number of nitrogens with one attached hydrogen (secondary N) is 1. The van der Waals surface area contributed by atoms with E-state index in [4.69, 9.17) is 4.74 Å². The van der Waals surface area contributed by atoms with Crippen molar-refractivity contribution in [2.75, 3.05) is 32.8 Å². The number of hydrogen-bond acceptors (Lipinski definition) is 3. The molecule has 0 radical (unpaired) electrons. The lowest BCUT2D eigenvalue weighted by atomic mass is 9.88. The van der Waals surface area contributed by atoms with E-state index in [1.165, 1.54) is 77.5 Å². The third kappa shape index (κ3) is 3.93. The van der Waals surface area contributed by atoms with E-state index in [0.717, 1.165) is 18.6 Å². The van der Waals surface area contributed by atoms with Gasteiger partial charge in [-0.15, -0.1) is 0 Å². The molecule has 0 amide bonds. The molecule has 2 unspecified atom stereocenters. The van der Waals surface area contributed by atoms with E-state index in [1.807, 2.05) is 0 Å². The molecule has 1 N–H and O–H groups in total. The highest BCUT2D eigenvalue weighted by Gasteiger charge is 2.28. The van der Waals surface area contributed by atoms with Crippen molar-refractivity contribution in [1.29, 1.82) is 0 Å². The van der Waals surface area contributed by atoms with Gasteiger partial charge in [0.2, 0.25) is 0 Å². The third-order valence-electron chi connectivity index (χ3n) is 5.32. The van der Waals surface area contributed by atoms with Crippen LogP contribution < -0.4 is 5.32 Å². The van der Waals surface area contributed by atoms with Crippen LogP contribution in [0.3, 0.4) is 0 Å². The van der Waals surface area contributed by atoms with E-state index in [0.29, 0.717) is 6.10 Å². The number of ether oxygens (including phenoxy) is 1. The summed E-state index contributed by atoms with van der Waals surface area (Å²) in [6, 6.07) is 0.842. The van der Waals surface area contributed by atoms with Gasteiger partial charge < -0.3 is 15.0 Å². The Morgan fingerprint density at radius 3 is 2.63 bits per heavy atom. The summed E-state index contributed by atoms with van der Waals surface area (Å²) in [5, 5.41) is 3.69. The molecule has 19 heavy (non-hydrogen) atoms. The minimum absolute atomic E-state index is 0.584. The van der Waals surface area contributed by atoms with E-state index in [-0.39, 0.29) is 0 Å². The summed E-state index contributed by atoms with van der Waals surface area (Å²) in [4.78, 5) is 2.68. The van der Waals surface area contributed by atoms with Crippen molar-refractivity contribution < 1.29 is 4.74 Å². The molecule has 3 saturated heterocycles. The first-order chi connectivity index (χ1) is 9.42. The van der Waals surface area contributed by atoms with E-state index in [1.54, 1.807) is 0 Å². The molecule has 3 rings (SSSR count). The van der Waals surface area contributed by atoms with Crippen LogP contribution in [0.1, 0.15) is 51.4 Å². The molecule has 110 valence electrons. The van der Waals surface area contributed by atoms with Gasteiger partial charge in [0, 0.05) is 12.6 Å². The van der Waals surface area contributed by atoms with Gasteiger partial charge in [-0.2, -0.15) is 0 Å². The molecule has 0 saturated carbocycles. The van der Waals surface area contributed by atoms with Crippen LogP contribution in [0.2, 0.25) is 0 Å². The molecule has 0 aromatic rings. The summed E-state index contributed by atoms with van der Waals surface area (Å²) in [7, 11) is 0. The lowest BCUT2D eigenvalue weighted by molar-refractivity contribution is 0.0949. The lowest BCUT2D eigenvalue weighted by Gasteiger charge is -2.35. The van der Waals surface area contributed by atoms with Crippen LogP contribution in [0, 0.1) is 5.92 Å². The number of nitrogens with zero attached hydrogens (tertiary/aromatic N) is 1. The maximum absolute atomic E-state index is 5.70. The second-order valence-electron chi connectivity index (χ2n) is 6.66. The van der Waals surface area contributed by atoms with Crippen molar-refractivity contribution in [3.8, 4) is 0 Å². The number of piperidine rings is 1. The molecule has 3 aliphatic rings. The van der Waals surface area contributed by atoms with Gasteiger partial charge in [0.1, 0.15) is 0 Å². The van der Waals surface area contributed by atoms with Gasteiger partial charge in [-0.05, 0) is 83.5 Å². The second kappa shape index (κ2) is 7.05. The van der Waals surface area contributed by atoms with Gasteiger partial charge in [-0.3, -0.25) is 0 Å². The van der Waals surface area contributed by atoms with Crippen LogP contribution in [0.4, 0.5) is 0 Å². The van der Waals surface area contributed by atoms with Crippen molar-refractivity contribution in [1.82, 2.24) is 10.2 Å². The highest BCUT2D eigenvalue weighted by atomic mass is 16.5. The summed E-state index contributed by atoms with van der Waals surface area (Å²) < 4.78 is 5.70. The van der Waals surface area contributed by atoms with Crippen molar-refractivity contribution >= 4 is 0 Å². The first kappa shape index (κ1) is 13.8. The fourth-order valence-electron chi connectivity index (χ4n) is 4.11. The molecule has 0 aliphatic carbocycles. The SMILES string of the molecule is C1COC(CCCN2CCC(C3CCCN3)CC2)C1. The van der Waals surface area contributed by atoms with Gasteiger partial charge in [0.25, 0.3) is 0 Å². The Hall–Kier alpha value is -0.120. The second-order valence-corrected chi connectivity index (χ2v) is 6.66. The van der Waals surface area contributed by atoms with Crippen molar-refractivity contribution in [3.05, 3.63) is 0 Å². The van der Waals surface area contributed by atoms with Crippen LogP contribution >= 0.6 is 0 Å². The average molecular weight is 266 g/mol. The summed E-state index contributed by atoms with van der Waals surface area (Å²) in [5.41, 5.74) is 0. The largest absolute Gasteiger partial charge is 0.378 e. The smallest absolute Gasteiger partial charge is 0.0576 e. The first-order valence-electron chi connectivity index (χ1n) is 8.49. The highest BCUT2D eigenvalue weighted by Crippen LogP contribution is 2.26. The molecule has 3 aliphatic heterocycles. The molecule has 3 heteroatoms. The fourth-order valence-corrected chi connectivity index (χ4v) is 4.11. The summed E-state index contributed by atoms with van der Waals surface area (Å²) in [6.45, 7) is 6.21. The van der Waals surface area contributed by atoms with Crippen molar-refractivity contribution in [2.24, 2.45) is 5.92 Å². The highest BCUT2D eigenvalue weighted by molar-refractivity contribution is 4.85. The number of hydrogen-bond donors (Lipinski definition) is 1. The van der Waals surface area contributed by atoms with Crippen LogP contribution in [-0.4, -0.2) is 49.8 Å². The van der Waals surface area contributed by atoms with E-state index < -0.39 is 0 Å². The topological polar surface area (TPSA) is 24.5 Å². The van der Waals surface area contributed by atoms with Crippen LogP contribution in [0.25, 0.3) is 0 Å². The number of likely N-dealkylation sites (tertiary alicyclic amines) is 1. The monoisotopic (exact) mass is 266 g/mol. The van der Waals surface area contributed by atoms with Crippen LogP contribution in [0.15, 0.2) is 0 Å². The maximum Gasteiger partial charge on any atom is 0.0576 e. The molecule has 3 fully saturated rings. The standard InChI is InChI=1S/C16H30N2O/c1-6-16(17-9-1)14-7-11-18(12-8-14)10-2-4-15-5-3-13-19-15/h14-17H,1-13H2. The summed E-state index contributed by atoms with van der Waals surface area (Å²) >= 11 is 0. The predicted molar refractivity (Wildman–Crippen MR) is 78.4 cm³/mol. The zero-order valence-electron chi connectivity index (χ0n) is 12.3. The summed E-state index contributed by atoms with van der Waals surface area (Å²) in [6.07, 6.45) is 11.4. The van der Waals surface area contributed by atoms with Gasteiger partial charge in [0.05, 0.1) is 6.10 Å². The van der Waals surface area contributed by atoms with Crippen molar-refractivity contribution in [3.63, 3.8) is 0 Å². The van der Waals surface area contributed by atoms with Crippen LogP contribution in [0.5, 0.6) is 0 Å². The Bertz CT molecular complexity index is 249. The molecule has 0 aromatic heterocycles. The quantitative estimate of drug-likeness (QED) is 0.827. The maximum atomic E-state index is 5.70. The average Bonchev–Trinajstić information content (AvgIpc) is 3.13. The predicted octanol–water partition coefficient (Wildman–Crippen LogP) is 2.41. The zero-order valence-corrected chi connectivity index (χ0v) is 12.3. The van der Waals surface area contributed by atoms with Crippen molar-refractivity contribution in [2.45, 2.75) is 63.5 Å². The molecule has 0 spiro atoms. The summed E-state index contributed by atoms with van der Waals surface area (Å²) in [5.74, 6) is 0.955. The molecule has 0 bridgehead atoms. The zero-order chi connectivity index (χ0) is 12.9. The molecular formula is C16H30N2O. The minimum atomic E-state index is 0.584. The Labute approximate surface area is 118 Å². The normalized spacial score (nSPS) is 34.1. The first-order valence-corrected chi connectivity index (χ1v) is 8.49. The van der Waals surface area contributed by atoms with Gasteiger partial charge in [0.15, 0.2) is 0 Å². The molecule has 3 nitrogen and oxygen atoms in total. The Kier molecular flexibility index (Phi) is 5.14.